The van der Waals surface area contributed by atoms with Crippen LogP contribution < -0.4 is 10.1 Å². The van der Waals surface area contributed by atoms with Crippen LogP contribution in [-0.4, -0.2) is 5.54 Å². The van der Waals surface area contributed by atoms with E-state index in [4.69, 9.17) is 16.3 Å². The molecule has 0 saturated carbocycles. The summed E-state index contributed by atoms with van der Waals surface area (Å²) in [6.45, 7) is 7.21. The quantitative estimate of drug-likeness (QED) is 0.654. The van der Waals surface area contributed by atoms with Crippen LogP contribution in [0.1, 0.15) is 26.3 Å². The molecule has 0 radical (unpaired) electrons. The molecule has 0 aliphatic heterocycles. The predicted molar refractivity (Wildman–Crippen MR) is 97.3 cm³/mol. The summed E-state index contributed by atoms with van der Waals surface area (Å²) in [5.74, 6) is 1.47. The molecule has 0 aromatic heterocycles. The molecule has 21 heavy (non-hydrogen) atoms. The fourth-order valence-corrected chi connectivity index (χ4v) is 2.34. The van der Waals surface area contributed by atoms with Gasteiger partial charge in [0.15, 0.2) is 0 Å². The van der Waals surface area contributed by atoms with Gasteiger partial charge in [0.05, 0.1) is 5.02 Å². The molecule has 0 aliphatic carbocycles. The van der Waals surface area contributed by atoms with Crippen molar-refractivity contribution >= 4 is 34.2 Å². The van der Waals surface area contributed by atoms with Crippen LogP contribution in [0.4, 0.5) is 0 Å². The van der Waals surface area contributed by atoms with Gasteiger partial charge in [0.1, 0.15) is 11.5 Å². The molecule has 2 aromatic rings. The fourth-order valence-electron chi connectivity index (χ4n) is 1.73. The summed E-state index contributed by atoms with van der Waals surface area (Å²) in [7, 11) is 0. The van der Waals surface area contributed by atoms with Gasteiger partial charge >= 0.3 is 0 Å². The minimum atomic E-state index is 0.0861. The zero-order valence-electron chi connectivity index (χ0n) is 12.4. The number of hydrogen-bond donors (Lipinski definition) is 1. The van der Waals surface area contributed by atoms with Crippen molar-refractivity contribution in [2.45, 2.75) is 32.9 Å². The molecule has 0 amide bonds. The Morgan fingerprint density at radius 3 is 2.33 bits per heavy atom. The van der Waals surface area contributed by atoms with Crippen LogP contribution >= 0.6 is 34.2 Å². The second-order valence-electron chi connectivity index (χ2n) is 5.92. The molecule has 0 unspecified atom stereocenters. The zero-order chi connectivity index (χ0) is 15.5. The fraction of sp³-hybridized carbons (Fsp3) is 0.294. The topological polar surface area (TPSA) is 21.3 Å². The van der Waals surface area contributed by atoms with E-state index in [9.17, 15) is 0 Å². The van der Waals surface area contributed by atoms with E-state index in [1.54, 1.807) is 0 Å². The highest BCUT2D eigenvalue weighted by molar-refractivity contribution is 14.1. The highest BCUT2D eigenvalue weighted by Crippen LogP contribution is 2.30. The molecular formula is C17H19ClINO. The lowest BCUT2D eigenvalue weighted by Gasteiger charge is -2.20. The molecule has 4 heteroatoms. The molecule has 0 aliphatic rings. The first-order valence-electron chi connectivity index (χ1n) is 6.80. The molecule has 0 atom stereocenters. The number of rotatable bonds is 4. The summed E-state index contributed by atoms with van der Waals surface area (Å²) in [4.78, 5) is 0. The summed E-state index contributed by atoms with van der Waals surface area (Å²) < 4.78 is 6.98. The first-order chi connectivity index (χ1) is 9.83. The maximum atomic E-state index is 6.31. The average molecular weight is 416 g/mol. The molecule has 1 N–H and O–H groups in total. The minimum Gasteiger partial charge on any atom is -0.456 e. The van der Waals surface area contributed by atoms with Crippen molar-refractivity contribution < 1.29 is 4.74 Å². The van der Waals surface area contributed by atoms with Gasteiger partial charge in [-0.1, -0.05) is 17.7 Å². The van der Waals surface area contributed by atoms with Gasteiger partial charge in [-0.2, -0.15) is 0 Å². The summed E-state index contributed by atoms with van der Waals surface area (Å²) in [6.07, 6.45) is 0. The van der Waals surface area contributed by atoms with Crippen LogP contribution in [0, 0.1) is 3.57 Å². The smallest absolute Gasteiger partial charge is 0.146 e. The SMILES string of the molecule is CC(C)(C)NCc1ccc(Oc2ccc(I)cc2)c(Cl)c1. The molecule has 0 spiro atoms. The Hall–Kier alpha value is -0.780. The molecule has 2 aromatic carbocycles. The molecule has 0 bridgehead atoms. The number of nitrogens with one attached hydrogen (secondary N) is 1. The van der Waals surface area contributed by atoms with Gasteiger partial charge in [0.2, 0.25) is 0 Å². The van der Waals surface area contributed by atoms with Crippen molar-refractivity contribution in [2.75, 3.05) is 0 Å². The summed E-state index contributed by atoms with van der Waals surface area (Å²) in [5.41, 5.74) is 1.23. The van der Waals surface area contributed by atoms with Crippen LogP contribution in [0.5, 0.6) is 11.5 Å². The van der Waals surface area contributed by atoms with Crippen molar-refractivity contribution in [1.29, 1.82) is 0 Å². The Kier molecular flexibility index (Phi) is 5.52. The predicted octanol–water partition coefficient (Wildman–Crippen LogP) is 5.63. The van der Waals surface area contributed by atoms with Crippen LogP contribution in [0.3, 0.4) is 0 Å². The van der Waals surface area contributed by atoms with Crippen molar-refractivity contribution in [1.82, 2.24) is 5.32 Å². The lowest BCUT2D eigenvalue weighted by molar-refractivity contribution is 0.424. The Morgan fingerprint density at radius 2 is 1.76 bits per heavy atom. The van der Waals surface area contributed by atoms with Crippen LogP contribution in [0.25, 0.3) is 0 Å². The van der Waals surface area contributed by atoms with Crippen LogP contribution in [0.2, 0.25) is 5.02 Å². The molecule has 0 heterocycles. The van der Waals surface area contributed by atoms with Gasteiger partial charge in [0.25, 0.3) is 0 Å². The third-order valence-corrected chi connectivity index (χ3v) is 3.88. The average Bonchev–Trinajstić information content (AvgIpc) is 2.41. The summed E-state index contributed by atoms with van der Waals surface area (Å²) in [5, 5.41) is 4.07. The minimum absolute atomic E-state index is 0.0861. The number of benzene rings is 2. The Bertz CT molecular complexity index is 605. The third kappa shape index (κ3) is 5.49. The molecule has 112 valence electrons. The van der Waals surface area contributed by atoms with Gasteiger partial charge in [-0.25, -0.2) is 0 Å². The summed E-state index contributed by atoms with van der Waals surface area (Å²) in [6, 6.07) is 13.8. The largest absolute Gasteiger partial charge is 0.456 e. The third-order valence-electron chi connectivity index (χ3n) is 2.86. The summed E-state index contributed by atoms with van der Waals surface area (Å²) >= 11 is 8.57. The highest BCUT2D eigenvalue weighted by atomic mass is 127. The number of hydrogen-bond acceptors (Lipinski definition) is 2. The van der Waals surface area contributed by atoms with E-state index in [0.717, 1.165) is 17.9 Å². The van der Waals surface area contributed by atoms with E-state index in [1.165, 1.54) is 3.57 Å². The van der Waals surface area contributed by atoms with E-state index in [2.05, 4.69) is 48.7 Å². The molecule has 2 nitrogen and oxygen atoms in total. The lowest BCUT2D eigenvalue weighted by atomic mass is 10.1. The second-order valence-corrected chi connectivity index (χ2v) is 7.58. The van der Waals surface area contributed by atoms with Gasteiger partial charge in [-0.3, -0.25) is 0 Å². The van der Waals surface area contributed by atoms with Crippen LogP contribution in [0.15, 0.2) is 42.5 Å². The van der Waals surface area contributed by atoms with E-state index < -0.39 is 0 Å². The van der Waals surface area contributed by atoms with Crippen molar-refractivity contribution in [3.63, 3.8) is 0 Å². The molecule has 0 fully saturated rings. The molecule has 2 rings (SSSR count). The van der Waals surface area contributed by atoms with Crippen molar-refractivity contribution in [2.24, 2.45) is 0 Å². The maximum Gasteiger partial charge on any atom is 0.146 e. The zero-order valence-corrected chi connectivity index (χ0v) is 15.3. The first kappa shape index (κ1) is 16.6. The highest BCUT2D eigenvalue weighted by Gasteiger charge is 2.10. The Balaban J connectivity index is 2.07. The Morgan fingerprint density at radius 1 is 1.10 bits per heavy atom. The molecular weight excluding hydrogens is 397 g/mol. The van der Waals surface area contributed by atoms with E-state index in [1.807, 2.05) is 42.5 Å². The van der Waals surface area contributed by atoms with Gasteiger partial charge < -0.3 is 10.1 Å². The number of halogens is 2. The van der Waals surface area contributed by atoms with Gasteiger partial charge in [-0.15, -0.1) is 0 Å². The Labute approximate surface area is 145 Å². The maximum absolute atomic E-state index is 6.31. The normalized spacial score (nSPS) is 11.5. The first-order valence-corrected chi connectivity index (χ1v) is 8.26. The second kappa shape index (κ2) is 6.99. The van der Waals surface area contributed by atoms with Gasteiger partial charge in [-0.05, 0) is 85.3 Å². The van der Waals surface area contributed by atoms with E-state index in [-0.39, 0.29) is 5.54 Å². The van der Waals surface area contributed by atoms with E-state index in [0.29, 0.717) is 10.8 Å². The van der Waals surface area contributed by atoms with E-state index >= 15 is 0 Å². The van der Waals surface area contributed by atoms with Crippen LogP contribution in [-0.2, 0) is 6.54 Å². The lowest BCUT2D eigenvalue weighted by Crippen LogP contribution is -2.35. The number of ether oxygens (including phenoxy) is 1. The monoisotopic (exact) mass is 415 g/mol. The standard InChI is InChI=1S/C17H19ClINO/c1-17(2,3)20-11-12-4-9-16(15(18)10-12)21-14-7-5-13(19)6-8-14/h4-10,20H,11H2,1-3H3. The molecule has 0 saturated heterocycles. The van der Waals surface area contributed by atoms with Crippen molar-refractivity contribution in [3.8, 4) is 11.5 Å². The van der Waals surface area contributed by atoms with Gasteiger partial charge in [0, 0.05) is 15.7 Å². The van der Waals surface area contributed by atoms with Crippen molar-refractivity contribution in [3.05, 3.63) is 56.6 Å².